The van der Waals surface area contributed by atoms with Crippen molar-refractivity contribution in [1.82, 2.24) is 16.2 Å². The van der Waals surface area contributed by atoms with Crippen molar-refractivity contribution in [1.29, 1.82) is 0 Å². The Morgan fingerprint density at radius 1 is 0.889 bits per heavy atom. The summed E-state index contributed by atoms with van der Waals surface area (Å²) in [7, 11) is 0. The van der Waals surface area contributed by atoms with Crippen molar-refractivity contribution in [3.8, 4) is 0 Å². The number of hydrazine groups is 1. The standard InChI is InChI=1S/C26H32N4O5S/c1-18(2)24(33)27-21-15-13-20(14-16-21)25(34)29-30-26(36)28-22(31)11-6-12-23(32)35-17-7-10-19-8-4-3-5-9-19/h3-5,8-9,13-16,18H,6-7,10-12,17H2,1-2H3,(H,27,33)(H,29,34)(H2,28,30,31,36). The van der Waals surface area contributed by atoms with Gasteiger partial charge in [0.05, 0.1) is 6.61 Å². The zero-order chi connectivity index (χ0) is 26.3. The number of hydrogen-bond acceptors (Lipinski definition) is 6. The Morgan fingerprint density at radius 2 is 1.58 bits per heavy atom. The van der Waals surface area contributed by atoms with Crippen LogP contribution in [0.1, 0.15) is 55.5 Å². The van der Waals surface area contributed by atoms with Crippen LogP contribution in [0.25, 0.3) is 0 Å². The number of ether oxygens (including phenoxy) is 1. The van der Waals surface area contributed by atoms with Gasteiger partial charge in [-0.15, -0.1) is 0 Å². The SMILES string of the molecule is CC(C)C(=O)Nc1ccc(C(=O)NNC(=S)NC(=O)CCCC(=O)OCCCc2ccccc2)cc1. The predicted molar refractivity (Wildman–Crippen MR) is 141 cm³/mol. The predicted octanol–water partition coefficient (Wildman–Crippen LogP) is 3.26. The lowest BCUT2D eigenvalue weighted by molar-refractivity contribution is -0.143. The molecule has 192 valence electrons. The molecule has 0 atom stereocenters. The number of anilines is 1. The highest BCUT2D eigenvalue weighted by atomic mass is 32.1. The van der Waals surface area contributed by atoms with Crippen LogP contribution in [0.3, 0.4) is 0 Å². The fourth-order valence-corrected chi connectivity index (χ4v) is 3.13. The summed E-state index contributed by atoms with van der Waals surface area (Å²) in [5.41, 5.74) is 6.96. The average Bonchev–Trinajstić information content (AvgIpc) is 2.86. The van der Waals surface area contributed by atoms with Crippen LogP contribution in [0.5, 0.6) is 0 Å². The lowest BCUT2D eigenvalue weighted by Crippen LogP contribution is -2.48. The Morgan fingerprint density at radius 3 is 2.25 bits per heavy atom. The van der Waals surface area contributed by atoms with Gasteiger partial charge in [0.15, 0.2) is 5.11 Å². The van der Waals surface area contributed by atoms with Crippen LogP contribution in [-0.4, -0.2) is 35.4 Å². The van der Waals surface area contributed by atoms with Crippen LogP contribution < -0.4 is 21.5 Å². The molecule has 0 aromatic heterocycles. The molecule has 0 spiro atoms. The molecule has 36 heavy (non-hydrogen) atoms. The second-order valence-electron chi connectivity index (χ2n) is 8.34. The van der Waals surface area contributed by atoms with Gasteiger partial charge in [-0.2, -0.15) is 0 Å². The number of amides is 3. The first-order chi connectivity index (χ1) is 17.2. The molecule has 0 aliphatic rings. The summed E-state index contributed by atoms with van der Waals surface area (Å²) >= 11 is 5.01. The van der Waals surface area contributed by atoms with Gasteiger partial charge in [-0.1, -0.05) is 44.2 Å². The van der Waals surface area contributed by atoms with Crippen LogP contribution in [0, 0.1) is 5.92 Å². The quantitative estimate of drug-likeness (QED) is 0.158. The van der Waals surface area contributed by atoms with E-state index < -0.39 is 5.91 Å². The van der Waals surface area contributed by atoms with Crippen LogP contribution >= 0.6 is 12.2 Å². The number of rotatable bonds is 11. The van der Waals surface area contributed by atoms with E-state index in [0.717, 1.165) is 12.8 Å². The van der Waals surface area contributed by atoms with Crippen molar-refractivity contribution in [2.75, 3.05) is 11.9 Å². The average molecular weight is 513 g/mol. The van der Waals surface area contributed by atoms with E-state index in [1.807, 2.05) is 30.3 Å². The summed E-state index contributed by atoms with van der Waals surface area (Å²) in [5, 5.41) is 5.11. The number of aryl methyl sites for hydroxylation is 1. The summed E-state index contributed by atoms with van der Waals surface area (Å²) < 4.78 is 5.19. The number of hydrogen-bond donors (Lipinski definition) is 4. The van der Waals surface area contributed by atoms with Crippen LogP contribution in [0.15, 0.2) is 54.6 Å². The number of carbonyl (C=O) groups is 4. The molecule has 2 aromatic rings. The summed E-state index contributed by atoms with van der Waals surface area (Å²) in [6.07, 6.45) is 2.10. The molecule has 0 saturated carbocycles. The highest BCUT2D eigenvalue weighted by Crippen LogP contribution is 2.11. The zero-order valence-corrected chi connectivity index (χ0v) is 21.3. The topological polar surface area (TPSA) is 126 Å². The van der Waals surface area contributed by atoms with Crippen LogP contribution in [0.2, 0.25) is 0 Å². The minimum absolute atomic E-state index is 0.0716. The number of carbonyl (C=O) groups excluding carboxylic acids is 4. The van der Waals surface area contributed by atoms with Crippen molar-refractivity contribution in [3.63, 3.8) is 0 Å². The lowest BCUT2D eigenvalue weighted by atomic mass is 10.1. The third kappa shape index (κ3) is 11.1. The molecule has 10 heteroatoms. The van der Waals surface area contributed by atoms with E-state index >= 15 is 0 Å². The fraction of sp³-hybridized carbons (Fsp3) is 0.346. The van der Waals surface area contributed by atoms with Crippen molar-refractivity contribution in [2.24, 2.45) is 5.92 Å². The van der Waals surface area contributed by atoms with Gasteiger partial charge in [0.1, 0.15) is 0 Å². The largest absolute Gasteiger partial charge is 0.466 e. The minimum atomic E-state index is -0.469. The third-order valence-corrected chi connectivity index (χ3v) is 5.19. The maximum absolute atomic E-state index is 12.2. The Hall–Kier alpha value is -3.79. The summed E-state index contributed by atoms with van der Waals surface area (Å²) in [4.78, 5) is 47.8. The molecule has 0 unspecified atom stereocenters. The van der Waals surface area contributed by atoms with Gasteiger partial charge < -0.3 is 15.4 Å². The van der Waals surface area contributed by atoms with E-state index in [0.29, 0.717) is 24.3 Å². The maximum Gasteiger partial charge on any atom is 0.305 e. The Bertz CT molecular complexity index is 1040. The monoisotopic (exact) mass is 512 g/mol. The molecule has 0 bridgehead atoms. The van der Waals surface area contributed by atoms with Gasteiger partial charge in [-0.3, -0.25) is 30.0 Å². The van der Waals surface area contributed by atoms with Gasteiger partial charge in [-0.05, 0) is 61.3 Å². The van der Waals surface area contributed by atoms with E-state index in [-0.39, 0.29) is 41.7 Å². The number of nitrogens with one attached hydrogen (secondary N) is 4. The molecule has 9 nitrogen and oxygen atoms in total. The van der Waals surface area contributed by atoms with Crippen molar-refractivity contribution >= 4 is 46.7 Å². The van der Waals surface area contributed by atoms with E-state index in [4.69, 9.17) is 17.0 Å². The second-order valence-corrected chi connectivity index (χ2v) is 8.75. The van der Waals surface area contributed by atoms with Crippen LogP contribution in [0.4, 0.5) is 5.69 Å². The molecule has 0 aliphatic carbocycles. The van der Waals surface area contributed by atoms with Crippen molar-refractivity contribution in [2.45, 2.75) is 46.0 Å². The van der Waals surface area contributed by atoms with E-state index in [1.54, 1.807) is 38.1 Å². The van der Waals surface area contributed by atoms with Crippen LogP contribution in [-0.2, 0) is 25.5 Å². The molecule has 0 aliphatic heterocycles. The first kappa shape index (κ1) is 28.4. The maximum atomic E-state index is 12.2. The van der Waals surface area contributed by atoms with Gasteiger partial charge in [0.25, 0.3) is 5.91 Å². The first-order valence-corrected chi connectivity index (χ1v) is 12.2. The molecule has 2 rings (SSSR count). The molecule has 3 amide bonds. The normalized spacial score (nSPS) is 10.3. The highest BCUT2D eigenvalue weighted by molar-refractivity contribution is 7.80. The van der Waals surface area contributed by atoms with E-state index in [2.05, 4.69) is 21.5 Å². The van der Waals surface area contributed by atoms with E-state index in [9.17, 15) is 19.2 Å². The van der Waals surface area contributed by atoms with Gasteiger partial charge in [-0.25, -0.2) is 0 Å². The molecule has 0 saturated heterocycles. The summed E-state index contributed by atoms with van der Waals surface area (Å²) in [6.45, 7) is 3.91. The molecule has 2 aromatic carbocycles. The zero-order valence-electron chi connectivity index (χ0n) is 20.5. The van der Waals surface area contributed by atoms with Crippen molar-refractivity contribution in [3.05, 3.63) is 65.7 Å². The molecule has 0 radical (unpaired) electrons. The number of thiocarbonyl (C=S) groups is 1. The lowest BCUT2D eigenvalue weighted by Gasteiger charge is -2.11. The smallest absolute Gasteiger partial charge is 0.305 e. The number of benzene rings is 2. The number of esters is 1. The van der Waals surface area contributed by atoms with Crippen molar-refractivity contribution < 1.29 is 23.9 Å². The van der Waals surface area contributed by atoms with Gasteiger partial charge in [0.2, 0.25) is 11.8 Å². The molecular formula is C26H32N4O5S. The Balaban J connectivity index is 1.58. The fourth-order valence-electron chi connectivity index (χ4n) is 2.97. The highest BCUT2D eigenvalue weighted by Gasteiger charge is 2.11. The molecule has 0 heterocycles. The Labute approximate surface area is 216 Å². The second kappa shape index (κ2) is 15.3. The summed E-state index contributed by atoms with van der Waals surface area (Å²) in [6, 6.07) is 16.3. The van der Waals surface area contributed by atoms with Gasteiger partial charge in [0, 0.05) is 30.0 Å². The molecule has 4 N–H and O–H groups in total. The minimum Gasteiger partial charge on any atom is -0.466 e. The Kier molecular flexibility index (Phi) is 12.1. The van der Waals surface area contributed by atoms with E-state index in [1.165, 1.54) is 5.56 Å². The third-order valence-electron chi connectivity index (χ3n) is 4.98. The first-order valence-electron chi connectivity index (χ1n) is 11.7. The molecular weight excluding hydrogens is 480 g/mol. The summed E-state index contributed by atoms with van der Waals surface area (Å²) in [5.74, 6) is -1.48. The van der Waals surface area contributed by atoms with Gasteiger partial charge >= 0.3 is 5.97 Å². The molecule has 0 fully saturated rings.